The minimum absolute atomic E-state index is 0.700. The monoisotopic (exact) mass is 294 g/mol. The molecule has 0 aliphatic heterocycles. The Bertz CT molecular complexity index is 486. The molecular formula is C13H18N4S2. The Kier molecular flexibility index (Phi) is 5.72. The second-order valence-electron chi connectivity index (χ2n) is 4.46. The number of rotatable bonds is 7. The highest BCUT2D eigenvalue weighted by molar-refractivity contribution is 7.99. The van der Waals surface area contributed by atoms with Gasteiger partial charge in [-0.3, -0.25) is 0 Å². The number of nitrogens with zero attached hydrogens (tertiary/aromatic N) is 4. The molecule has 1 atom stereocenters. The SMILES string of the molecule is CC(CCS)CCSc1nnnn1-c1ccccc1. The van der Waals surface area contributed by atoms with Crippen molar-refractivity contribution in [2.75, 3.05) is 11.5 Å². The average molecular weight is 294 g/mol. The fraction of sp³-hybridized carbons (Fsp3) is 0.462. The second kappa shape index (κ2) is 7.55. The van der Waals surface area contributed by atoms with Crippen molar-refractivity contribution in [3.63, 3.8) is 0 Å². The number of thioether (sulfide) groups is 1. The molecule has 0 spiro atoms. The zero-order chi connectivity index (χ0) is 13.5. The molecule has 1 heterocycles. The van der Waals surface area contributed by atoms with Crippen molar-refractivity contribution in [2.45, 2.75) is 24.9 Å². The van der Waals surface area contributed by atoms with Crippen LogP contribution in [0.1, 0.15) is 19.8 Å². The lowest BCUT2D eigenvalue weighted by atomic mass is 10.1. The Morgan fingerprint density at radius 1 is 1.26 bits per heavy atom. The Balaban J connectivity index is 1.94. The predicted octanol–water partition coefficient (Wildman–Crippen LogP) is 3.10. The van der Waals surface area contributed by atoms with Crippen molar-refractivity contribution in [2.24, 2.45) is 5.92 Å². The smallest absolute Gasteiger partial charge is 0.188 e. The molecule has 1 aromatic heterocycles. The molecule has 1 aromatic carbocycles. The van der Waals surface area contributed by atoms with E-state index in [4.69, 9.17) is 0 Å². The lowest BCUT2D eigenvalue weighted by molar-refractivity contribution is 0.553. The first kappa shape index (κ1) is 14.4. The van der Waals surface area contributed by atoms with Crippen LogP contribution in [0.25, 0.3) is 5.69 Å². The van der Waals surface area contributed by atoms with E-state index >= 15 is 0 Å². The molecule has 2 rings (SSSR count). The van der Waals surface area contributed by atoms with E-state index in [9.17, 15) is 0 Å². The first-order valence-corrected chi connectivity index (χ1v) is 8.00. The zero-order valence-electron chi connectivity index (χ0n) is 10.9. The fourth-order valence-electron chi connectivity index (χ4n) is 1.72. The van der Waals surface area contributed by atoms with E-state index in [1.807, 2.05) is 30.3 Å². The van der Waals surface area contributed by atoms with E-state index in [0.717, 1.165) is 35.2 Å². The van der Waals surface area contributed by atoms with Crippen molar-refractivity contribution >= 4 is 24.4 Å². The maximum atomic E-state index is 4.26. The first-order valence-electron chi connectivity index (χ1n) is 6.38. The molecule has 102 valence electrons. The van der Waals surface area contributed by atoms with Gasteiger partial charge in [0, 0.05) is 5.75 Å². The molecule has 0 N–H and O–H groups in total. The fourth-order valence-corrected chi connectivity index (χ4v) is 3.22. The van der Waals surface area contributed by atoms with E-state index in [2.05, 4.69) is 35.1 Å². The normalized spacial score (nSPS) is 12.5. The van der Waals surface area contributed by atoms with E-state index in [0.29, 0.717) is 5.92 Å². The van der Waals surface area contributed by atoms with Crippen LogP contribution >= 0.6 is 24.4 Å². The van der Waals surface area contributed by atoms with Gasteiger partial charge >= 0.3 is 0 Å². The van der Waals surface area contributed by atoms with Gasteiger partial charge in [0.2, 0.25) is 5.16 Å². The van der Waals surface area contributed by atoms with E-state index in [1.54, 1.807) is 16.4 Å². The quantitative estimate of drug-likeness (QED) is 0.629. The summed E-state index contributed by atoms with van der Waals surface area (Å²) in [5.41, 5.74) is 0.999. The molecule has 2 aromatic rings. The van der Waals surface area contributed by atoms with Crippen molar-refractivity contribution in [3.8, 4) is 5.69 Å². The highest BCUT2D eigenvalue weighted by Crippen LogP contribution is 2.21. The van der Waals surface area contributed by atoms with Crippen LogP contribution in [0.5, 0.6) is 0 Å². The number of tetrazole rings is 1. The maximum absolute atomic E-state index is 4.26. The highest BCUT2D eigenvalue weighted by Gasteiger charge is 2.09. The Labute approximate surface area is 123 Å². The lowest BCUT2D eigenvalue weighted by Gasteiger charge is -2.08. The molecule has 0 saturated heterocycles. The molecule has 0 bridgehead atoms. The summed E-state index contributed by atoms with van der Waals surface area (Å²) in [5, 5.41) is 12.7. The summed E-state index contributed by atoms with van der Waals surface area (Å²) in [5.74, 6) is 2.68. The molecule has 0 radical (unpaired) electrons. The van der Waals surface area contributed by atoms with Crippen LogP contribution in [0.4, 0.5) is 0 Å². The van der Waals surface area contributed by atoms with E-state index in [1.165, 1.54) is 0 Å². The van der Waals surface area contributed by atoms with Gasteiger partial charge in [0.15, 0.2) is 0 Å². The van der Waals surface area contributed by atoms with Gasteiger partial charge in [0.25, 0.3) is 0 Å². The molecule has 0 fully saturated rings. The molecule has 1 unspecified atom stereocenters. The standard InChI is InChI=1S/C13H18N4S2/c1-11(7-9-18)8-10-19-13-14-15-16-17(13)12-5-3-2-4-6-12/h2-6,11,18H,7-10H2,1H3. The molecule has 4 nitrogen and oxygen atoms in total. The highest BCUT2D eigenvalue weighted by atomic mass is 32.2. The predicted molar refractivity (Wildman–Crippen MR) is 82.1 cm³/mol. The number of thiol groups is 1. The average Bonchev–Trinajstić information content (AvgIpc) is 2.88. The Morgan fingerprint density at radius 3 is 2.79 bits per heavy atom. The Morgan fingerprint density at radius 2 is 2.05 bits per heavy atom. The van der Waals surface area contributed by atoms with Gasteiger partial charge in [0.05, 0.1) is 5.69 Å². The number of hydrogen-bond donors (Lipinski definition) is 1. The third kappa shape index (κ3) is 4.24. The molecule has 0 aliphatic rings. The lowest BCUT2D eigenvalue weighted by Crippen LogP contribution is -2.01. The number of aromatic nitrogens is 4. The van der Waals surface area contributed by atoms with Crippen LogP contribution in [-0.4, -0.2) is 31.7 Å². The minimum atomic E-state index is 0.700. The van der Waals surface area contributed by atoms with Crippen molar-refractivity contribution in [3.05, 3.63) is 30.3 Å². The summed E-state index contributed by atoms with van der Waals surface area (Å²) in [4.78, 5) is 0. The molecule has 6 heteroatoms. The van der Waals surface area contributed by atoms with Crippen LogP contribution in [0.3, 0.4) is 0 Å². The summed E-state index contributed by atoms with van der Waals surface area (Å²) in [6, 6.07) is 9.97. The van der Waals surface area contributed by atoms with Gasteiger partial charge in [-0.1, -0.05) is 36.9 Å². The van der Waals surface area contributed by atoms with E-state index < -0.39 is 0 Å². The first-order chi connectivity index (χ1) is 9.31. The maximum Gasteiger partial charge on any atom is 0.214 e. The summed E-state index contributed by atoms with van der Waals surface area (Å²) in [6.07, 6.45) is 2.32. The van der Waals surface area contributed by atoms with Crippen molar-refractivity contribution < 1.29 is 0 Å². The van der Waals surface area contributed by atoms with Gasteiger partial charge < -0.3 is 0 Å². The number of benzene rings is 1. The van der Waals surface area contributed by atoms with Crippen LogP contribution in [-0.2, 0) is 0 Å². The van der Waals surface area contributed by atoms with Crippen LogP contribution in [0, 0.1) is 5.92 Å². The summed E-state index contributed by atoms with van der Waals surface area (Å²) < 4.78 is 1.79. The van der Waals surface area contributed by atoms with E-state index in [-0.39, 0.29) is 0 Å². The van der Waals surface area contributed by atoms with Crippen LogP contribution in [0.2, 0.25) is 0 Å². The van der Waals surface area contributed by atoms with Crippen LogP contribution in [0.15, 0.2) is 35.5 Å². The molecule has 0 aliphatic carbocycles. The minimum Gasteiger partial charge on any atom is -0.188 e. The van der Waals surface area contributed by atoms with Crippen molar-refractivity contribution in [1.82, 2.24) is 20.2 Å². The van der Waals surface area contributed by atoms with Gasteiger partial charge in [-0.25, -0.2) is 0 Å². The molecular weight excluding hydrogens is 276 g/mol. The third-order valence-electron chi connectivity index (χ3n) is 2.91. The topological polar surface area (TPSA) is 43.6 Å². The van der Waals surface area contributed by atoms with Crippen LogP contribution < -0.4 is 0 Å². The molecule has 0 saturated carbocycles. The largest absolute Gasteiger partial charge is 0.214 e. The summed E-state index contributed by atoms with van der Waals surface area (Å²) >= 11 is 5.97. The van der Waals surface area contributed by atoms with Gasteiger partial charge in [-0.2, -0.15) is 17.3 Å². The zero-order valence-corrected chi connectivity index (χ0v) is 12.6. The molecule has 0 amide bonds. The summed E-state index contributed by atoms with van der Waals surface area (Å²) in [6.45, 7) is 2.26. The van der Waals surface area contributed by atoms with Gasteiger partial charge in [0.1, 0.15) is 0 Å². The number of hydrogen-bond acceptors (Lipinski definition) is 5. The summed E-state index contributed by atoms with van der Waals surface area (Å²) in [7, 11) is 0. The Hall–Kier alpha value is -1.01. The number of para-hydroxylation sites is 1. The third-order valence-corrected chi connectivity index (χ3v) is 4.12. The van der Waals surface area contributed by atoms with Gasteiger partial charge in [-0.05, 0) is 47.1 Å². The van der Waals surface area contributed by atoms with Gasteiger partial charge in [-0.15, -0.1) is 5.10 Å². The molecule has 19 heavy (non-hydrogen) atoms. The van der Waals surface area contributed by atoms with Crippen molar-refractivity contribution in [1.29, 1.82) is 0 Å². The second-order valence-corrected chi connectivity index (χ2v) is 5.97.